The van der Waals surface area contributed by atoms with Crippen LogP contribution in [-0.4, -0.2) is 6.04 Å². The van der Waals surface area contributed by atoms with Gasteiger partial charge in [-0.1, -0.05) is 48.7 Å². The number of nitrogens with two attached hydrogens (primary N) is 1. The molecule has 3 N–H and O–H groups in total. The largest absolute Gasteiger partial charge is 0.271 e. The lowest BCUT2D eigenvalue weighted by Gasteiger charge is -2.26. The van der Waals surface area contributed by atoms with Gasteiger partial charge in [0.25, 0.3) is 0 Å². The number of rotatable bonds is 8. The van der Waals surface area contributed by atoms with Gasteiger partial charge < -0.3 is 0 Å². The summed E-state index contributed by atoms with van der Waals surface area (Å²) in [4.78, 5) is 0. The van der Waals surface area contributed by atoms with Crippen LogP contribution in [0.15, 0.2) is 22.7 Å². The Kier molecular flexibility index (Phi) is 7.57. The van der Waals surface area contributed by atoms with Crippen molar-refractivity contribution in [3.05, 3.63) is 34.1 Å². The molecule has 0 fully saturated rings. The number of benzene rings is 1. The second-order valence-corrected chi connectivity index (χ2v) is 5.90. The van der Waals surface area contributed by atoms with Crippen LogP contribution in [0, 0.1) is 11.7 Å². The van der Waals surface area contributed by atoms with Crippen LogP contribution in [0.5, 0.6) is 0 Å². The molecule has 0 saturated carbocycles. The highest BCUT2D eigenvalue weighted by molar-refractivity contribution is 9.10. The van der Waals surface area contributed by atoms with Crippen LogP contribution in [0.4, 0.5) is 4.39 Å². The van der Waals surface area contributed by atoms with Crippen molar-refractivity contribution in [3.63, 3.8) is 0 Å². The highest BCUT2D eigenvalue weighted by atomic mass is 79.9. The number of hydrogen-bond donors (Lipinski definition) is 2. The molecular formula is C15H24BrFN2. The van der Waals surface area contributed by atoms with Crippen molar-refractivity contribution in [1.82, 2.24) is 5.43 Å². The fraction of sp³-hybridized carbons (Fsp3) is 0.600. The van der Waals surface area contributed by atoms with Crippen molar-refractivity contribution in [2.24, 2.45) is 11.8 Å². The Balaban J connectivity index is 2.78. The van der Waals surface area contributed by atoms with Crippen LogP contribution in [0.2, 0.25) is 0 Å². The van der Waals surface area contributed by atoms with Crippen LogP contribution in [0.25, 0.3) is 0 Å². The van der Waals surface area contributed by atoms with Gasteiger partial charge in [-0.3, -0.25) is 11.3 Å². The van der Waals surface area contributed by atoms with Gasteiger partial charge in [-0.15, -0.1) is 0 Å². The third-order valence-electron chi connectivity index (χ3n) is 3.56. The highest BCUT2D eigenvalue weighted by Gasteiger charge is 2.20. The maximum atomic E-state index is 13.1. The minimum Gasteiger partial charge on any atom is -0.271 e. The van der Waals surface area contributed by atoms with Crippen LogP contribution in [0.1, 0.15) is 45.1 Å². The Morgan fingerprint density at radius 2 is 1.89 bits per heavy atom. The van der Waals surface area contributed by atoms with Gasteiger partial charge in [0.15, 0.2) is 0 Å². The number of hydrazine groups is 1. The lowest BCUT2D eigenvalue weighted by Crippen LogP contribution is -2.42. The first-order chi connectivity index (χ1) is 9.12. The quantitative estimate of drug-likeness (QED) is 0.554. The fourth-order valence-corrected chi connectivity index (χ4v) is 3.09. The Hall–Kier alpha value is -0.450. The number of halogens is 2. The van der Waals surface area contributed by atoms with Crippen molar-refractivity contribution in [3.8, 4) is 0 Å². The molecule has 108 valence electrons. The van der Waals surface area contributed by atoms with E-state index >= 15 is 0 Å². The van der Waals surface area contributed by atoms with E-state index in [9.17, 15) is 4.39 Å². The topological polar surface area (TPSA) is 38.0 Å². The summed E-state index contributed by atoms with van der Waals surface area (Å²) in [6.07, 6.45) is 5.48. The van der Waals surface area contributed by atoms with E-state index in [1.54, 1.807) is 0 Å². The summed E-state index contributed by atoms with van der Waals surface area (Å²) in [7, 11) is 0. The van der Waals surface area contributed by atoms with Crippen LogP contribution >= 0.6 is 15.9 Å². The van der Waals surface area contributed by atoms with Crippen LogP contribution < -0.4 is 11.3 Å². The molecule has 0 bridgehead atoms. The van der Waals surface area contributed by atoms with E-state index in [0.717, 1.165) is 29.3 Å². The Labute approximate surface area is 124 Å². The fourth-order valence-electron chi connectivity index (χ4n) is 2.57. The highest BCUT2D eigenvalue weighted by Crippen LogP contribution is 2.24. The molecule has 0 aromatic heterocycles. The van der Waals surface area contributed by atoms with Crippen molar-refractivity contribution in [2.75, 3.05) is 0 Å². The van der Waals surface area contributed by atoms with Crippen molar-refractivity contribution >= 4 is 15.9 Å². The minimum absolute atomic E-state index is 0.216. The molecule has 0 aliphatic rings. The minimum atomic E-state index is -0.216. The molecule has 4 heteroatoms. The van der Waals surface area contributed by atoms with E-state index < -0.39 is 0 Å². The average Bonchev–Trinajstić information content (AvgIpc) is 2.38. The van der Waals surface area contributed by atoms with E-state index in [1.165, 1.54) is 25.0 Å². The SMILES string of the molecule is CCCC(CCC)C(Cc1ccc(F)cc1Br)NN. The molecule has 0 aliphatic heterocycles. The Morgan fingerprint density at radius 3 is 2.37 bits per heavy atom. The van der Waals surface area contributed by atoms with E-state index in [-0.39, 0.29) is 11.9 Å². The molecule has 0 amide bonds. The zero-order valence-electron chi connectivity index (χ0n) is 11.8. The number of nitrogens with one attached hydrogen (secondary N) is 1. The van der Waals surface area contributed by atoms with E-state index in [2.05, 4.69) is 35.2 Å². The summed E-state index contributed by atoms with van der Waals surface area (Å²) in [5, 5.41) is 0. The molecule has 19 heavy (non-hydrogen) atoms. The van der Waals surface area contributed by atoms with Gasteiger partial charge in [0, 0.05) is 10.5 Å². The smallest absolute Gasteiger partial charge is 0.124 e. The first kappa shape index (κ1) is 16.6. The molecule has 1 atom stereocenters. The molecule has 0 saturated heterocycles. The third kappa shape index (κ3) is 5.21. The Bertz CT molecular complexity index is 378. The first-order valence-corrected chi connectivity index (χ1v) is 7.81. The van der Waals surface area contributed by atoms with Crippen LogP contribution in [0.3, 0.4) is 0 Å². The van der Waals surface area contributed by atoms with Crippen molar-refractivity contribution in [1.29, 1.82) is 0 Å². The molecule has 1 aromatic carbocycles. The third-order valence-corrected chi connectivity index (χ3v) is 4.30. The zero-order chi connectivity index (χ0) is 14.3. The summed E-state index contributed by atoms with van der Waals surface area (Å²) < 4.78 is 13.9. The van der Waals surface area contributed by atoms with Crippen molar-refractivity contribution < 1.29 is 4.39 Å². The van der Waals surface area contributed by atoms with E-state index in [0.29, 0.717) is 5.92 Å². The van der Waals surface area contributed by atoms with Gasteiger partial charge in [0.1, 0.15) is 5.82 Å². The van der Waals surface area contributed by atoms with Gasteiger partial charge in [-0.2, -0.15) is 0 Å². The monoisotopic (exact) mass is 330 g/mol. The van der Waals surface area contributed by atoms with Gasteiger partial charge in [-0.05, 0) is 42.9 Å². The summed E-state index contributed by atoms with van der Waals surface area (Å²) in [6, 6.07) is 5.08. The Morgan fingerprint density at radius 1 is 1.26 bits per heavy atom. The van der Waals surface area contributed by atoms with Crippen molar-refractivity contribution in [2.45, 2.75) is 52.0 Å². The van der Waals surface area contributed by atoms with Gasteiger partial charge >= 0.3 is 0 Å². The average molecular weight is 331 g/mol. The lowest BCUT2D eigenvalue weighted by atomic mass is 9.87. The molecule has 1 unspecified atom stereocenters. The molecule has 0 radical (unpaired) electrons. The molecule has 0 spiro atoms. The summed E-state index contributed by atoms with van der Waals surface area (Å²) in [5.41, 5.74) is 4.05. The lowest BCUT2D eigenvalue weighted by molar-refractivity contribution is 0.311. The summed E-state index contributed by atoms with van der Waals surface area (Å²) in [5.74, 6) is 6.07. The standard InChI is InChI=1S/C15H24BrFN2/c1-3-5-11(6-4-2)15(19-18)9-12-7-8-13(17)10-14(12)16/h7-8,10-11,15,19H,3-6,9,18H2,1-2H3. The van der Waals surface area contributed by atoms with Crippen LogP contribution in [-0.2, 0) is 6.42 Å². The van der Waals surface area contributed by atoms with Gasteiger partial charge in [0.05, 0.1) is 0 Å². The van der Waals surface area contributed by atoms with E-state index in [4.69, 9.17) is 5.84 Å². The second-order valence-electron chi connectivity index (χ2n) is 5.05. The second kappa shape index (κ2) is 8.67. The van der Waals surface area contributed by atoms with Gasteiger partial charge in [0.2, 0.25) is 0 Å². The zero-order valence-corrected chi connectivity index (χ0v) is 13.3. The number of hydrogen-bond acceptors (Lipinski definition) is 2. The molecule has 2 nitrogen and oxygen atoms in total. The molecule has 0 heterocycles. The summed E-state index contributed by atoms with van der Waals surface area (Å²) >= 11 is 3.42. The normalized spacial score (nSPS) is 12.9. The van der Waals surface area contributed by atoms with E-state index in [1.807, 2.05) is 6.07 Å². The first-order valence-electron chi connectivity index (χ1n) is 7.02. The molecule has 0 aliphatic carbocycles. The summed E-state index contributed by atoms with van der Waals surface area (Å²) in [6.45, 7) is 4.40. The molecular weight excluding hydrogens is 307 g/mol. The molecule has 1 aromatic rings. The van der Waals surface area contributed by atoms with Gasteiger partial charge in [-0.25, -0.2) is 4.39 Å². The maximum absolute atomic E-state index is 13.1. The molecule has 1 rings (SSSR count). The maximum Gasteiger partial charge on any atom is 0.124 e. The predicted molar refractivity (Wildman–Crippen MR) is 82.2 cm³/mol. The predicted octanol–water partition coefficient (Wildman–Crippen LogP) is 4.18.